The molecule has 1 aromatic heterocycles. The van der Waals surface area contributed by atoms with Gasteiger partial charge in [-0.1, -0.05) is 0 Å². The number of primary amides is 1. The van der Waals surface area contributed by atoms with Crippen LogP contribution in [0.4, 0.5) is 5.82 Å². The van der Waals surface area contributed by atoms with Gasteiger partial charge in [0.05, 0.1) is 5.56 Å². The zero-order valence-electron chi connectivity index (χ0n) is 11.9. The van der Waals surface area contributed by atoms with Crippen molar-refractivity contribution in [3.05, 3.63) is 22.9 Å². The van der Waals surface area contributed by atoms with Crippen LogP contribution in [0.3, 0.4) is 0 Å². The van der Waals surface area contributed by atoms with Gasteiger partial charge in [-0.3, -0.25) is 4.79 Å². The quantitative estimate of drug-likeness (QED) is 0.843. The van der Waals surface area contributed by atoms with Gasteiger partial charge in [-0.05, 0) is 51.4 Å². The minimum absolute atomic E-state index is 0.392. The molecule has 2 heterocycles. The van der Waals surface area contributed by atoms with E-state index in [4.69, 9.17) is 5.73 Å². The molecule has 1 atom stereocenters. The number of nitrogens with two attached hydrogens (primary N) is 1. The van der Waals surface area contributed by atoms with Crippen LogP contribution in [0.15, 0.2) is 6.07 Å². The predicted molar refractivity (Wildman–Crippen MR) is 76.5 cm³/mol. The monoisotopic (exact) mass is 262 g/mol. The Morgan fingerprint density at radius 2 is 2.32 bits per heavy atom. The third kappa shape index (κ3) is 2.87. The molecule has 1 amide bonds. The Morgan fingerprint density at radius 1 is 1.58 bits per heavy atom. The van der Waals surface area contributed by atoms with Crippen molar-refractivity contribution < 1.29 is 4.79 Å². The molecule has 5 heteroatoms. The van der Waals surface area contributed by atoms with E-state index in [1.54, 1.807) is 0 Å². The molecule has 0 radical (unpaired) electrons. The first-order chi connectivity index (χ1) is 9.02. The number of anilines is 1. The van der Waals surface area contributed by atoms with Crippen molar-refractivity contribution in [2.24, 2.45) is 11.7 Å². The fraction of sp³-hybridized carbons (Fsp3) is 0.571. The number of aromatic nitrogens is 1. The van der Waals surface area contributed by atoms with Crippen LogP contribution in [0, 0.1) is 19.8 Å². The number of nitrogens with zero attached hydrogens (tertiary/aromatic N) is 2. The van der Waals surface area contributed by atoms with Gasteiger partial charge in [-0.2, -0.15) is 0 Å². The van der Waals surface area contributed by atoms with E-state index >= 15 is 0 Å². The summed E-state index contributed by atoms with van der Waals surface area (Å²) in [4.78, 5) is 18.4. The van der Waals surface area contributed by atoms with Gasteiger partial charge in [0.15, 0.2) is 0 Å². The van der Waals surface area contributed by atoms with Crippen molar-refractivity contribution in [2.45, 2.75) is 20.3 Å². The molecule has 0 saturated carbocycles. The predicted octanol–water partition coefficient (Wildman–Crippen LogP) is 0.843. The number of carbonyl (C=O) groups is 1. The molecule has 1 aromatic rings. The van der Waals surface area contributed by atoms with Crippen molar-refractivity contribution in [3.8, 4) is 0 Å². The molecule has 5 nitrogen and oxygen atoms in total. The molecule has 1 aliphatic rings. The first-order valence-electron chi connectivity index (χ1n) is 6.70. The molecule has 19 heavy (non-hydrogen) atoms. The topological polar surface area (TPSA) is 71.2 Å². The molecule has 2 rings (SSSR count). The summed E-state index contributed by atoms with van der Waals surface area (Å²) in [6.45, 7) is 6.72. The summed E-state index contributed by atoms with van der Waals surface area (Å²) in [5, 5.41) is 3.20. The fourth-order valence-electron chi connectivity index (χ4n) is 2.83. The summed E-state index contributed by atoms with van der Waals surface area (Å²) in [6.07, 6.45) is 1.12. The molecule has 1 fully saturated rings. The Kier molecular flexibility index (Phi) is 4.04. The second-order valence-electron chi connectivity index (χ2n) is 5.30. The molecule has 1 unspecified atom stereocenters. The SMILES string of the molecule is CNCC1CCN(c2nc(C)cc(C)c2C(N)=O)C1. The number of hydrogen-bond acceptors (Lipinski definition) is 4. The Balaban J connectivity index is 2.32. The van der Waals surface area contributed by atoms with Gasteiger partial charge < -0.3 is 16.0 Å². The average Bonchev–Trinajstić information content (AvgIpc) is 2.76. The highest BCUT2D eigenvalue weighted by molar-refractivity contribution is 5.99. The van der Waals surface area contributed by atoms with E-state index < -0.39 is 5.91 Å². The van der Waals surface area contributed by atoms with Crippen LogP contribution in [-0.2, 0) is 0 Å². The lowest BCUT2D eigenvalue weighted by Crippen LogP contribution is -2.28. The molecule has 0 bridgehead atoms. The van der Waals surface area contributed by atoms with Crippen molar-refractivity contribution >= 4 is 11.7 Å². The summed E-state index contributed by atoms with van der Waals surface area (Å²) in [5.41, 5.74) is 7.91. The lowest BCUT2D eigenvalue weighted by atomic mass is 10.1. The normalized spacial score (nSPS) is 18.9. The van der Waals surface area contributed by atoms with Gasteiger partial charge in [0.1, 0.15) is 5.82 Å². The van der Waals surface area contributed by atoms with E-state index in [2.05, 4.69) is 15.2 Å². The minimum atomic E-state index is -0.392. The summed E-state index contributed by atoms with van der Waals surface area (Å²) in [5.74, 6) is 0.967. The second-order valence-corrected chi connectivity index (χ2v) is 5.30. The maximum Gasteiger partial charge on any atom is 0.252 e. The van der Waals surface area contributed by atoms with E-state index in [1.807, 2.05) is 27.0 Å². The summed E-state index contributed by atoms with van der Waals surface area (Å²) in [7, 11) is 1.96. The Morgan fingerprint density at radius 3 is 2.95 bits per heavy atom. The van der Waals surface area contributed by atoms with Gasteiger partial charge in [-0.25, -0.2) is 4.98 Å². The van der Waals surface area contributed by atoms with E-state index in [0.717, 1.165) is 43.1 Å². The van der Waals surface area contributed by atoms with Gasteiger partial charge >= 0.3 is 0 Å². The van der Waals surface area contributed by atoms with E-state index in [0.29, 0.717) is 11.5 Å². The Hall–Kier alpha value is -1.62. The van der Waals surface area contributed by atoms with Crippen LogP contribution >= 0.6 is 0 Å². The lowest BCUT2D eigenvalue weighted by molar-refractivity contribution is 0.1000. The number of hydrogen-bond donors (Lipinski definition) is 2. The molecular weight excluding hydrogens is 240 g/mol. The third-order valence-corrected chi connectivity index (χ3v) is 3.65. The summed E-state index contributed by atoms with van der Waals surface area (Å²) < 4.78 is 0. The van der Waals surface area contributed by atoms with E-state index in [-0.39, 0.29) is 0 Å². The van der Waals surface area contributed by atoms with Crippen LogP contribution < -0.4 is 16.0 Å². The highest BCUT2D eigenvalue weighted by Crippen LogP contribution is 2.27. The number of rotatable bonds is 4. The largest absolute Gasteiger partial charge is 0.365 e. The third-order valence-electron chi connectivity index (χ3n) is 3.65. The van der Waals surface area contributed by atoms with E-state index in [1.165, 1.54) is 0 Å². The average molecular weight is 262 g/mol. The van der Waals surface area contributed by atoms with Crippen molar-refractivity contribution in [1.82, 2.24) is 10.3 Å². The zero-order chi connectivity index (χ0) is 14.0. The number of aryl methyl sites for hydroxylation is 2. The first kappa shape index (κ1) is 13.8. The molecule has 1 saturated heterocycles. The summed E-state index contributed by atoms with van der Waals surface area (Å²) in [6, 6.07) is 1.91. The van der Waals surface area contributed by atoms with Crippen molar-refractivity contribution in [1.29, 1.82) is 0 Å². The van der Waals surface area contributed by atoms with Gasteiger partial charge in [-0.15, -0.1) is 0 Å². The standard InChI is InChI=1S/C14H22N4O/c1-9-6-10(2)17-14(12(9)13(15)19)18-5-4-11(8-18)7-16-3/h6,11,16H,4-5,7-8H2,1-3H3,(H2,15,19). The summed E-state index contributed by atoms with van der Waals surface area (Å²) >= 11 is 0. The molecule has 1 aliphatic heterocycles. The molecule has 0 spiro atoms. The molecule has 0 aliphatic carbocycles. The number of carbonyl (C=O) groups excluding carboxylic acids is 1. The van der Waals surface area contributed by atoms with Crippen molar-refractivity contribution in [2.75, 3.05) is 31.6 Å². The molecule has 104 valence electrons. The maximum atomic E-state index is 11.7. The maximum absolute atomic E-state index is 11.7. The number of pyridine rings is 1. The van der Waals surface area contributed by atoms with Crippen molar-refractivity contribution in [3.63, 3.8) is 0 Å². The van der Waals surface area contributed by atoms with Crippen LogP contribution in [0.5, 0.6) is 0 Å². The molecular formula is C14H22N4O. The van der Waals surface area contributed by atoms with Gasteiger partial charge in [0.25, 0.3) is 5.91 Å². The first-order valence-corrected chi connectivity index (χ1v) is 6.70. The van der Waals surface area contributed by atoms with Gasteiger partial charge in [0, 0.05) is 18.8 Å². The van der Waals surface area contributed by atoms with Crippen LogP contribution in [-0.4, -0.2) is 37.6 Å². The minimum Gasteiger partial charge on any atom is -0.365 e. The lowest BCUT2D eigenvalue weighted by Gasteiger charge is -2.21. The van der Waals surface area contributed by atoms with Gasteiger partial charge in [0.2, 0.25) is 0 Å². The zero-order valence-corrected chi connectivity index (χ0v) is 11.9. The van der Waals surface area contributed by atoms with Crippen LogP contribution in [0.25, 0.3) is 0 Å². The van der Waals surface area contributed by atoms with Crippen LogP contribution in [0.2, 0.25) is 0 Å². The number of nitrogens with one attached hydrogen (secondary N) is 1. The highest BCUT2D eigenvalue weighted by Gasteiger charge is 2.27. The highest BCUT2D eigenvalue weighted by atomic mass is 16.1. The molecule has 3 N–H and O–H groups in total. The Labute approximate surface area is 114 Å². The van der Waals surface area contributed by atoms with Crippen LogP contribution in [0.1, 0.15) is 28.0 Å². The Bertz CT molecular complexity index is 487. The van der Waals surface area contributed by atoms with E-state index in [9.17, 15) is 4.79 Å². The second kappa shape index (κ2) is 5.57. The molecule has 0 aromatic carbocycles. The number of amides is 1. The smallest absolute Gasteiger partial charge is 0.252 e. The fourth-order valence-corrected chi connectivity index (χ4v) is 2.83.